The molecule has 0 spiro atoms. The van der Waals surface area contributed by atoms with E-state index < -0.39 is 6.10 Å². The topological polar surface area (TPSA) is 71.6 Å². The van der Waals surface area contributed by atoms with Crippen molar-refractivity contribution in [2.24, 2.45) is 0 Å². The minimum atomic E-state index is -0.526. The van der Waals surface area contributed by atoms with Gasteiger partial charge in [-0.15, -0.1) is 0 Å². The lowest BCUT2D eigenvalue weighted by Crippen LogP contribution is -2.33. The predicted molar refractivity (Wildman–Crippen MR) is 71.9 cm³/mol. The second-order valence-electron chi connectivity index (χ2n) is 5.93. The van der Waals surface area contributed by atoms with Crippen LogP contribution in [0.1, 0.15) is 45.5 Å². The average Bonchev–Trinajstić information content (AvgIpc) is 2.76. The standard InChI is InChI=1S/C13H25N3O3/c1-9(16(5)7-10(17)8-18-6)11-14-12(15-19-11)13(2,3)4/h9-10,17H,7-8H2,1-6H3/t9-,10-/m1/s1. The Bertz CT molecular complexity index is 387. The largest absolute Gasteiger partial charge is 0.389 e. The minimum absolute atomic E-state index is 0.0462. The molecule has 0 aromatic carbocycles. The van der Waals surface area contributed by atoms with Crippen LogP contribution in [-0.2, 0) is 10.2 Å². The van der Waals surface area contributed by atoms with Gasteiger partial charge in [-0.05, 0) is 14.0 Å². The van der Waals surface area contributed by atoms with Gasteiger partial charge in [-0.3, -0.25) is 4.90 Å². The van der Waals surface area contributed by atoms with Crippen molar-refractivity contribution < 1.29 is 14.4 Å². The third-order valence-corrected chi connectivity index (χ3v) is 2.99. The summed E-state index contributed by atoms with van der Waals surface area (Å²) >= 11 is 0. The molecule has 110 valence electrons. The molecule has 1 rings (SSSR count). The van der Waals surface area contributed by atoms with Crippen molar-refractivity contribution in [1.82, 2.24) is 15.0 Å². The Balaban J connectivity index is 2.66. The summed E-state index contributed by atoms with van der Waals surface area (Å²) in [4.78, 5) is 6.39. The Morgan fingerprint density at radius 2 is 2.05 bits per heavy atom. The lowest BCUT2D eigenvalue weighted by atomic mass is 9.96. The molecular formula is C13H25N3O3. The van der Waals surface area contributed by atoms with Crippen molar-refractivity contribution in [1.29, 1.82) is 0 Å². The highest BCUT2D eigenvalue weighted by molar-refractivity contribution is 5.01. The van der Waals surface area contributed by atoms with E-state index in [1.807, 2.05) is 39.6 Å². The molecule has 6 heteroatoms. The van der Waals surface area contributed by atoms with E-state index in [1.165, 1.54) is 0 Å². The molecule has 0 saturated carbocycles. The highest BCUT2D eigenvalue weighted by Crippen LogP contribution is 2.23. The number of rotatable bonds is 6. The number of aliphatic hydroxyl groups is 1. The average molecular weight is 271 g/mol. The lowest BCUT2D eigenvalue weighted by molar-refractivity contribution is 0.0325. The Hall–Kier alpha value is -0.980. The smallest absolute Gasteiger partial charge is 0.243 e. The van der Waals surface area contributed by atoms with Gasteiger partial charge >= 0.3 is 0 Å². The first-order valence-electron chi connectivity index (χ1n) is 6.47. The van der Waals surface area contributed by atoms with Crippen LogP contribution < -0.4 is 0 Å². The van der Waals surface area contributed by atoms with Crippen LogP contribution >= 0.6 is 0 Å². The number of aliphatic hydroxyl groups excluding tert-OH is 1. The van der Waals surface area contributed by atoms with Gasteiger partial charge in [0, 0.05) is 19.1 Å². The highest BCUT2D eigenvalue weighted by Gasteiger charge is 2.25. The first kappa shape index (κ1) is 16.1. The van der Waals surface area contributed by atoms with Crippen molar-refractivity contribution >= 4 is 0 Å². The molecule has 1 N–H and O–H groups in total. The number of methoxy groups -OCH3 is 1. The van der Waals surface area contributed by atoms with Gasteiger partial charge in [0.1, 0.15) is 0 Å². The number of hydrogen-bond acceptors (Lipinski definition) is 6. The van der Waals surface area contributed by atoms with Gasteiger partial charge in [0.25, 0.3) is 0 Å². The summed E-state index contributed by atoms with van der Waals surface area (Å²) in [5.41, 5.74) is -0.129. The van der Waals surface area contributed by atoms with Gasteiger partial charge in [-0.25, -0.2) is 0 Å². The predicted octanol–water partition coefficient (Wildman–Crippen LogP) is 1.37. The zero-order valence-electron chi connectivity index (χ0n) is 12.7. The van der Waals surface area contributed by atoms with Gasteiger partial charge in [0.2, 0.25) is 5.89 Å². The third-order valence-electron chi connectivity index (χ3n) is 2.99. The Kier molecular flexibility index (Phi) is 5.46. The quantitative estimate of drug-likeness (QED) is 0.842. The van der Waals surface area contributed by atoms with Gasteiger partial charge in [-0.1, -0.05) is 25.9 Å². The number of ether oxygens (including phenoxy) is 1. The summed E-state index contributed by atoms with van der Waals surface area (Å²) in [6, 6.07) is -0.0462. The monoisotopic (exact) mass is 271 g/mol. The molecule has 0 bridgehead atoms. The van der Waals surface area contributed by atoms with Crippen molar-refractivity contribution in [3.8, 4) is 0 Å². The van der Waals surface area contributed by atoms with Crippen LogP contribution in [0.2, 0.25) is 0 Å². The van der Waals surface area contributed by atoms with Crippen LogP contribution in [-0.4, -0.2) is 53.6 Å². The lowest BCUT2D eigenvalue weighted by Gasteiger charge is -2.24. The fourth-order valence-electron chi connectivity index (χ4n) is 1.63. The second-order valence-corrected chi connectivity index (χ2v) is 5.93. The maximum atomic E-state index is 9.72. The van der Waals surface area contributed by atoms with Crippen molar-refractivity contribution in [3.63, 3.8) is 0 Å². The molecule has 0 saturated heterocycles. The molecule has 6 nitrogen and oxygen atoms in total. The number of nitrogens with zero attached hydrogens (tertiary/aromatic N) is 3. The van der Waals surface area contributed by atoms with Crippen LogP contribution in [0, 0.1) is 0 Å². The Morgan fingerprint density at radius 1 is 1.42 bits per heavy atom. The molecule has 0 unspecified atom stereocenters. The molecule has 0 fully saturated rings. The molecule has 2 atom stereocenters. The first-order chi connectivity index (χ1) is 8.75. The second kappa shape index (κ2) is 6.45. The zero-order valence-corrected chi connectivity index (χ0v) is 12.7. The fraction of sp³-hybridized carbons (Fsp3) is 0.846. The summed E-state index contributed by atoms with van der Waals surface area (Å²) in [6.45, 7) is 8.89. The molecule has 0 radical (unpaired) electrons. The van der Waals surface area contributed by atoms with Crippen molar-refractivity contribution in [2.45, 2.75) is 45.3 Å². The zero-order chi connectivity index (χ0) is 14.6. The Labute approximate surface area is 114 Å². The summed E-state index contributed by atoms with van der Waals surface area (Å²) in [7, 11) is 3.48. The van der Waals surface area contributed by atoms with E-state index in [2.05, 4.69) is 10.1 Å². The summed E-state index contributed by atoms with van der Waals surface area (Å²) in [5, 5.41) is 13.7. The van der Waals surface area contributed by atoms with Crippen molar-refractivity contribution in [3.05, 3.63) is 11.7 Å². The van der Waals surface area contributed by atoms with E-state index in [0.29, 0.717) is 24.9 Å². The molecule has 0 aliphatic rings. The van der Waals surface area contributed by atoms with Crippen molar-refractivity contribution in [2.75, 3.05) is 27.3 Å². The van der Waals surface area contributed by atoms with Gasteiger partial charge in [0.15, 0.2) is 5.82 Å². The summed E-state index contributed by atoms with van der Waals surface area (Å²) in [6.07, 6.45) is -0.526. The van der Waals surface area contributed by atoms with Gasteiger partial charge in [-0.2, -0.15) is 4.98 Å². The minimum Gasteiger partial charge on any atom is -0.389 e. The molecule has 0 aliphatic heterocycles. The molecular weight excluding hydrogens is 246 g/mol. The first-order valence-corrected chi connectivity index (χ1v) is 6.47. The number of aromatic nitrogens is 2. The molecule has 0 amide bonds. The third kappa shape index (κ3) is 4.56. The van der Waals surface area contributed by atoms with E-state index in [-0.39, 0.29) is 11.5 Å². The van der Waals surface area contributed by atoms with Crippen LogP contribution in [0.4, 0.5) is 0 Å². The molecule has 1 heterocycles. The Morgan fingerprint density at radius 3 is 2.53 bits per heavy atom. The van der Waals surface area contributed by atoms with E-state index in [9.17, 15) is 5.11 Å². The molecule has 0 aliphatic carbocycles. The van der Waals surface area contributed by atoms with E-state index in [0.717, 1.165) is 0 Å². The van der Waals surface area contributed by atoms with Crippen LogP contribution in [0.15, 0.2) is 4.52 Å². The molecule has 1 aromatic heterocycles. The van der Waals surface area contributed by atoms with E-state index in [4.69, 9.17) is 9.26 Å². The summed E-state index contributed by atoms with van der Waals surface area (Å²) in [5.74, 6) is 1.26. The maximum absolute atomic E-state index is 9.72. The van der Waals surface area contributed by atoms with Gasteiger partial charge < -0.3 is 14.4 Å². The molecule has 1 aromatic rings. The van der Waals surface area contributed by atoms with Crippen LogP contribution in [0.3, 0.4) is 0 Å². The SMILES string of the molecule is COC[C@H](O)CN(C)[C@H](C)c1nc(C(C)(C)C)no1. The normalized spacial score (nSPS) is 15.8. The maximum Gasteiger partial charge on any atom is 0.243 e. The van der Waals surface area contributed by atoms with Gasteiger partial charge in [0.05, 0.1) is 18.8 Å². The van der Waals surface area contributed by atoms with Crippen LogP contribution in [0.5, 0.6) is 0 Å². The van der Waals surface area contributed by atoms with E-state index in [1.54, 1.807) is 7.11 Å². The number of likely N-dealkylation sites (N-methyl/N-ethyl adjacent to an activating group) is 1. The number of hydrogen-bond donors (Lipinski definition) is 1. The summed E-state index contributed by atoms with van der Waals surface area (Å²) < 4.78 is 10.2. The molecule has 19 heavy (non-hydrogen) atoms. The van der Waals surface area contributed by atoms with Crippen LogP contribution in [0.25, 0.3) is 0 Å². The highest BCUT2D eigenvalue weighted by atomic mass is 16.5. The fourth-order valence-corrected chi connectivity index (χ4v) is 1.63. The van der Waals surface area contributed by atoms with E-state index >= 15 is 0 Å².